The number of nitrogens with zero attached hydrogens (tertiary/aromatic N) is 1. The van der Waals surface area contributed by atoms with E-state index in [0.717, 1.165) is 29.0 Å². The van der Waals surface area contributed by atoms with Crippen molar-refractivity contribution in [3.63, 3.8) is 0 Å². The maximum absolute atomic E-state index is 12.1. The van der Waals surface area contributed by atoms with Crippen LogP contribution in [0.4, 0.5) is 5.69 Å². The molecule has 0 aliphatic rings. The molecule has 0 spiro atoms. The Bertz CT molecular complexity index is 883. The van der Waals surface area contributed by atoms with Crippen LogP contribution in [0.15, 0.2) is 48.5 Å². The molecule has 0 aliphatic carbocycles. The molecule has 0 aliphatic heterocycles. The second-order valence-corrected chi connectivity index (χ2v) is 9.13. The lowest BCUT2D eigenvalue weighted by molar-refractivity contribution is -0.121. The maximum atomic E-state index is 12.1. The summed E-state index contributed by atoms with van der Waals surface area (Å²) in [6.45, 7) is 2.79. The first kappa shape index (κ1) is 22.2. The van der Waals surface area contributed by atoms with Gasteiger partial charge in [-0.25, -0.2) is 8.42 Å². The highest BCUT2D eigenvalue weighted by molar-refractivity contribution is 7.92. The zero-order valence-electron chi connectivity index (χ0n) is 16.3. The number of hydrogen-bond donors (Lipinski definition) is 1. The third-order valence-electron chi connectivity index (χ3n) is 4.39. The van der Waals surface area contributed by atoms with E-state index < -0.39 is 10.0 Å². The molecule has 2 aromatic carbocycles. The van der Waals surface area contributed by atoms with Gasteiger partial charge in [-0.3, -0.25) is 9.10 Å². The summed E-state index contributed by atoms with van der Waals surface area (Å²) in [7, 11) is -3.40. The Labute approximate surface area is 172 Å². The van der Waals surface area contributed by atoms with Crippen molar-refractivity contribution >= 4 is 33.2 Å². The fraction of sp³-hybridized carbons (Fsp3) is 0.381. The molecular weight excluding hydrogens is 396 g/mol. The SMILES string of the molecule is Cc1ccc(N(CCCC(=O)NCCCc2ccccc2Cl)S(C)(=O)=O)cc1. The summed E-state index contributed by atoms with van der Waals surface area (Å²) in [6, 6.07) is 15.0. The summed E-state index contributed by atoms with van der Waals surface area (Å²) < 4.78 is 25.5. The highest BCUT2D eigenvalue weighted by Crippen LogP contribution is 2.19. The molecule has 0 bridgehead atoms. The number of nitrogens with one attached hydrogen (secondary N) is 1. The molecule has 0 atom stereocenters. The van der Waals surface area contributed by atoms with Crippen LogP contribution in [0, 0.1) is 6.92 Å². The van der Waals surface area contributed by atoms with Crippen molar-refractivity contribution in [1.82, 2.24) is 5.32 Å². The van der Waals surface area contributed by atoms with E-state index in [9.17, 15) is 13.2 Å². The van der Waals surface area contributed by atoms with Crippen LogP contribution in [0.3, 0.4) is 0 Å². The lowest BCUT2D eigenvalue weighted by Crippen LogP contribution is -2.32. The van der Waals surface area contributed by atoms with Crippen LogP contribution < -0.4 is 9.62 Å². The first-order valence-corrected chi connectivity index (χ1v) is 11.5. The average Bonchev–Trinajstić information content (AvgIpc) is 2.64. The van der Waals surface area contributed by atoms with Gasteiger partial charge in [-0.05, 0) is 49.9 Å². The molecule has 152 valence electrons. The van der Waals surface area contributed by atoms with Crippen molar-refractivity contribution in [1.29, 1.82) is 0 Å². The van der Waals surface area contributed by atoms with Gasteiger partial charge in [0.1, 0.15) is 0 Å². The van der Waals surface area contributed by atoms with Crippen molar-refractivity contribution in [2.45, 2.75) is 32.6 Å². The first-order valence-electron chi connectivity index (χ1n) is 9.32. The lowest BCUT2D eigenvalue weighted by Gasteiger charge is -2.22. The van der Waals surface area contributed by atoms with Crippen molar-refractivity contribution in [3.05, 3.63) is 64.7 Å². The van der Waals surface area contributed by atoms with Gasteiger partial charge in [-0.1, -0.05) is 47.5 Å². The van der Waals surface area contributed by atoms with E-state index in [1.54, 1.807) is 12.1 Å². The van der Waals surface area contributed by atoms with Crippen LogP contribution in [0.25, 0.3) is 0 Å². The van der Waals surface area contributed by atoms with Gasteiger partial charge in [-0.15, -0.1) is 0 Å². The molecule has 7 heteroatoms. The molecule has 0 unspecified atom stereocenters. The topological polar surface area (TPSA) is 66.5 Å². The van der Waals surface area contributed by atoms with Gasteiger partial charge in [-0.2, -0.15) is 0 Å². The van der Waals surface area contributed by atoms with E-state index in [0.29, 0.717) is 18.7 Å². The van der Waals surface area contributed by atoms with Crippen LogP contribution in [-0.4, -0.2) is 33.7 Å². The summed E-state index contributed by atoms with van der Waals surface area (Å²) in [5.41, 5.74) is 2.75. The van der Waals surface area contributed by atoms with Crippen LogP contribution in [-0.2, 0) is 21.2 Å². The van der Waals surface area contributed by atoms with E-state index in [2.05, 4.69) is 5.32 Å². The van der Waals surface area contributed by atoms with Crippen molar-refractivity contribution in [2.75, 3.05) is 23.7 Å². The summed E-state index contributed by atoms with van der Waals surface area (Å²) in [5, 5.41) is 3.62. The molecule has 2 rings (SSSR count). The van der Waals surface area contributed by atoms with Crippen LogP contribution in [0.1, 0.15) is 30.4 Å². The third-order valence-corrected chi connectivity index (χ3v) is 5.95. The summed E-state index contributed by atoms with van der Waals surface area (Å²) >= 11 is 6.12. The number of sulfonamides is 1. The minimum Gasteiger partial charge on any atom is -0.356 e. The van der Waals surface area contributed by atoms with Crippen molar-refractivity contribution in [3.8, 4) is 0 Å². The number of benzene rings is 2. The molecule has 5 nitrogen and oxygen atoms in total. The summed E-state index contributed by atoms with van der Waals surface area (Å²) in [4.78, 5) is 12.0. The Kier molecular flexibility index (Phi) is 8.33. The largest absolute Gasteiger partial charge is 0.356 e. The van der Waals surface area contributed by atoms with E-state index in [-0.39, 0.29) is 18.9 Å². The number of aryl methyl sites for hydroxylation is 2. The fourth-order valence-corrected chi connectivity index (χ4v) is 4.07. The molecule has 0 aromatic heterocycles. The summed E-state index contributed by atoms with van der Waals surface area (Å²) in [6.07, 6.45) is 3.52. The lowest BCUT2D eigenvalue weighted by atomic mass is 10.1. The quantitative estimate of drug-likeness (QED) is 0.589. The summed E-state index contributed by atoms with van der Waals surface area (Å²) in [5.74, 6) is -0.0727. The smallest absolute Gasteiger partial charge is 0.232 e. The molecule has 0 saturated carbocycles. The van der Waals surface area contributed by atoms with Crippen molar-refractivity contribution < 1.29 is 13.2 Å². The highest BCUT2D eigenvalue weighted by atomic mass is 35.5. The predicted molar refractivity (Wildman–Crippen MR) is 115 cm³/mol. The number of rotatable bonds is 10. The number of carbonyl (C=O) groups is 1. The maximum Gasteiger partial charge on any atom is 0.232 e. The normalized spacial score (nSPS) is 11.2. The van der Waals surface area contributed by atoms with Gasteiger partial charge < -0.3 is 5.32 Å². The minimum absolute atomic E-state index is 0.0727. The Morgan fingerprint density at radius 2 is 1.75 bits per heavy atom. The van der Waals surface area contributed by atoms with E-state index >= 15 is 0 Å². The molecule has 0 saturated heterocycles. The molecule has 2 aromatic rings. The molecule has 1 N–H and O–H groups in total. The average molecular weight is 423 g/mol. The number of carbonyl (C=O) groups excluding carboxylic acids is 1. The zero-order chi connectivity index (χ0) is 20.6. The Hall–Kier alpha value is -2.05. The van der Waals surface area contributed by atoms with Gasteiger partial charge in [0.2, 0.25) is 15.9 Å². The van der Waals surface area contributed by atoms with Gasteiger partial charge in [0.25, 0.3) is 0 Å². The molecule has 0 fully saturated rings. The van der Waals surface area contributed by atoms with E-state index in [1.165, 1.54) is 10.6 Å². The number of anilines is 1. The molecule has 28 heavy (non-hydrogen) atoms. The predicted octanol–water partition coefficient (Wildman–Crippen LogP) is 3.94. The zero-order valence-corrected chi connectivity index (χ0v) is 17.9. The Balaban J connectivity index is 1.75. The van der Waals surface area contributed by atoms with Gasteiger partial charge >= 0.3 is 0 Å². The van der Waals surface area contributed by atoms with E-state index in [1.807, 2.05) is 43.3 Å². The van der Waals surface area contributed by atoms with Gasteiger partial charge in [0.15, 0.2) is 0 Å². The van der Waals surface area contributed by atoms with Crippen LogP contribution in [0.2, 0.25) is 5.02 Å². The number of hydrogen-bond acceptors (Lipinski definition) is 3. The second-order valence-electron chi connectivity index (χ2n) is 6.82. The Morgan fingerprint density at radius 1 is 1.07 bits per heavy atom. The monoisotopic (exact) mass is 422 g/mol. The molecule has 0 heterocycles. The highest BCUT2D eigenvalue weighted by Gasteiger charge is 2.17. The number of halogens is 1. The Morgan fingerprint density at radius 3 is 2.39 bits per heavy atom. The van der Waals surface area contributed by atoms with Gasteiger partial charge in [0, 0.05) is 24.5 Å². The van der Waals surface area contributed by atoms with Crippen LogP contribution >= 0.6 is 11.6 Å². The van der Waals surface area contributed by atoms with Crippen LogP contribution in [0.5, 0.6) is 0 Å². The molecule has 1 amide bonds. The molecular formula is C21H27ClN2O3S. The molecule has 0 radical (unpaired) electrons. The van der Waals surface area contributed by atoms with E-state index in [4.69, 9.17) is 11.6 Å². The second kappa shape index (κ2) is 10.5. The minimum atomic E-state index is -3.40. The standard InChI is InChI=1S/C21H27ClN2O3S/c1-17-11-13-19(14-12-17)24(28(2,26)27)16-6-10-21(25)23-15-5-8-18-7-3-4-9-20(18)22/h3-4,7,9,11-14H,5-6,8,10,15-16H2,1-2H3,(H,23,25). The van der Waals surface area contributed by atoms with Gasteiger partial charge in [0.05, 0.1) is 11.9 Å². The van der Waals surface area contributed by atoms with Crippen molar-refractivity contribution in [2.24, 2.45) is 0 Å². The number of amides is 1. The fourth-order valence-electron chi connectivity index (χ4n) is 2.88. The first-order chi connectivity index (χ1) is 13.3. The third kappa shape index (κ3) is 7.17.